The highest BCUT2D eigenvalue weighted by Gasteiger charge is 2.28. The number of carbonyl (C=O) groups excluding carboxylic acids is 3. The molecular weight excluding hydrogens is 360 g/mol. The molecule has 2 rings (SSSR count). The molecule has 0 unspecified atom stereocenters. The Morgan fingerprint density at radius 2 is 1.59 bits per heavy atom. The summed E-state index contributed by atoms with van der Waals surface area (Å²) in [5.41, 5.74) is 2.08. The molecule has 0 bridgehead atoms. The van der Waals surface area contributed by atoms with Crippen molar-refractivity contribution in [1.82, 2.24) is 0 Å². The van der Waals surface area contributed by atoms with Gasteiger partial charge in [0.2, 0.25) is 0 Å². The lowest BCUT2D eigenvalue weighted by molar-refractivity contribution is -0.143. The summed E-state index contributed by atoms with van der Waals surface area (Å²) in [6, 6.07) is 6.95. The molecule has 0 N–H and O–H groups in total. The van der Waals surface area contributed by atoms with Gasteiger partial charge in [-0.15, -0.1) is 0 Å². The monoisotopic (exact) mass is 388 g/mol. The number of unbranched alkanes of at least 4 members (excludes halogenated alkanes) is 4. The predicted octanol–water partition coefficient (Wildman–Crippen LogP) is 4.98. The third kappa shape index (κ3) is 6.06. The summed E-state index contributed by atoms with van der Waals surface area (Å²) in [4.78, 5) is 36.8. The molecule has 27 heavy (non-hydrogen) atoms. The molecular formula is C22H28O4S. The van der Waals surface area contributed by atoms with Crippen LogP contribution in [-0.2, 0) is 9.53 Å². The number of esters is 1. The number of fused-ring (bicyclic) bond motifs is 1. The molecule has 0 radical (unpaired) electrons. The van der Waals surface area contributed by atoms with Gasteiger partial charge in [0.25, 0.3) is 0 Å². The van der Waals surface area contributed by atoms with E-state index in [2.05, 4.69) is 12.6 Å². The molecule has 0 aliphatic heterocycles. The molecule has 1 aliphatic carbocycles. The zero-order valence-corrected chi connectivity index (χ0v) is 16.9. The average molecular weight is 389 g/mol. The maximum Gasteiger partial charge on any atom is 0.305 e. The third-order valence-corrected chi connectivity index (χ3v) is 5.17. The number of rotatable bonds is 11. The maximum atomic E-state index is 12.6. The van der Waals surface area contributed by atoms with Crippen LogP contribution in [0.15, 0.2) is 35.4 Å². The molecule has 1 aromatic rings. The van der Waals surface area contributed by atoms with E-state index >= 15 is 0 Å². The number of benzene rings is 1. The lowest BCUT2D eigenvalue weighted by atomic mass is 9.83. The number of Topliss-reactive ketones (excluding diaryl/α,β-unsaturated/α-hetero) is 2. The summed E-state index contributed by atoms with van der Waals surface area (Å²) in [6.45, 7) is 2.19. The zero-order valence-electron chi connectivity index (χ0n) is 16.0. The van der Waals surface area contributed by atoms with E-state index in [0.29, 0.717) is 54.6 Å². The molecule has 5 heteroatoms. The first kappa shape index (κ1) is 21.4. The van der Waals surface area contributed by atoms with E-state index in [-0.39, 0.29) is 17.5 Å². The Kier molecular flexibility index (Phi) is 8.79. The molecule has 0 amide bonds. The molecule has 0 spiro atoms. The topological polar surface area (TPSA) is 60.4 Å². The lowest BCUT2D eigenvalue weighted by Crippen LogP contribution is -2.20. The second-order valence-electron chi connectivity index (χ2n) is 6.87. The van der Waals surface area contributed by atoms with Crippen LogP contribution >= 0.6 is 12.6 Å². The number of allylic oxidation sites excluding steroid dienone is 2. The summed E-state index contributed by atoms with van der Waals surface area (Å²) in [6.07, 6.45) is 6.36. The zero-order chi connectivity index (χ0) is 19.6. The van der Waals surface area contributed by atoms with Crippen molar-refractivity contribution in [2.24, 2.45) is 0 Å². The van der Waals surface area contributed by atoms with Gasteiger partial charge < -0.3 is 4.74 Å². The minimum Gasteiger partial charge on any atom is -0.466 e. The molecule has 0 heterocycles. The van der Waals surface area contributed by atoms with Crippen LogP contribution in [0, 0.1) is 0 Å². The number of ketones is 2. The minimum absolute atomic E-state index is 0.0634. The third-order valence-electron chi connectivity index (χ3n) is 4.86. The van der Waals surface area contributed by atoms with Gasteiger partial charge in [0, 0.05) is 28.7 Å². The van der Waals surface area contributed by atoms with Crippen LogP contribution in [0.5, 0.6) is 0 Å². The van der Waals surface area contributed by atoms with Crippen LogP contribution < -0.4 is 0 Å². The van der Waals surface area contributed by atoms with E-state index in [9.17, 15) is 14.4 Å². The van der Waals surface area contributed by atoms with Crippen LogP contribution in [0.1, 0.15) is 79.0 Å². The Morgan fingerprint density at radius 3 is 2.30 bits per heavy atom. The average Bonchev–Trinajstić information content (AvgIpc) is 2.68. The van der Waals surface area contributed by atoms with E-state index in [1.165, 1.54) is 0 Å². The van der Waals surface area contributed by atoms with Crippen LogP contribution in [-0.4, -0.2) is 29.9 Å². The summed E-state index contributed by atoms with van der Waals surface area (Å²) in [5, 5.41) is 0. The molecule has 0 atom stereocenters. The standard InChI is InChI=1S/C22H28O4S/c1-16-17(22(25)19-12-5-4-11-18(19)21(16)24)10-6-7-13-20(23)26-14-8-2-3-9-15-27/h4-5,11-12,27H,2-3,6-10,13-15H2,1H3. The Balaban J connectivity index is 1.72. The molecule has 0 fully saturated rings. The van der Waals surface area contributed by atoms with Gasteiger partial charge >= 0.3 is 5.97 Å². The van der Waals surface area contributed by atoms with Crippen molar-refractivity contribution in [1.29, 1.82) is 0 Å². The Hall–Kier alpha value is -1.88. The van der Waals surface area contributed by atoms with E-state index in [1.54, 1.807) is 31.2 Å². The quantitative estimate of drug-likeness (QED) is 0.330. The van der Waals surface area contributed by atoms with Gasteiger partial charge in [-0.2, -0.15) is 12.6 Å². The van der Waals surface area contributed by atoms with Crippen molar-refractivity contribution in [2.45, 2.75) is 58.3 Å². The van der Waals surface area contributed by atoms with Crippen molar-refractivity contribution in [3.05, 3.63) is 46.5 Å². The van der Waals surface area contributed by atoms with Crippen LogP contribution in [0.25, 0.3) is 0 Å². The molecule has 4 nitrogen and oxygen atoms in total. The van der Waals surface area contributed by atoms with Crippen LogP contribution in [0.2, 0.25) is 0 Å². The van der Waals surface area contributed by atoms with Gasteiger partial charge in [0.15, 0.2) is 11.6 Å². The smallest absolute Gasteiger partial charge is 0.305 e. The van der Waals surface area contributed by atoms with E-state index in [1.807, 2.05) is 0 Å². The number of thiol groups is 1. The Labute approximate surface area is 166 Å². The number of hydrogen-bond acceptors (Lipinski definition) is 5. The van der Waals surface area contributed by atoms with Gasteiger partial charge in [0.05, 0.1) is 6.61 Å². The predicted molar refractivity (Wildman–Crippen MR) is 110 cm³/mol. The Bertz CT molecular complexity index is 721. The molecule has 1 aliphatic rings. The summed E-state index contributed by atoms with van der Waals surface area (Å²) in [7, 11) is 0. The second-order valence-corrected chi connectivity index (χ2v) is 7.32. The van der Waals surface area contributed by atoms with Gasteiger partial charge in [-0.25, -0.2) is 0 Å². The van der Waals surface area contributed by atoms with Gasteiger partial charge in [-0.3, -0.25) is 14.4 Å². The molecule has 0 aromatic heterocycles. The maximum absolute atomic E-state index is 12.6. The number of carbonyl (C=O) groups is 3. The van der Waals surface area contributed by atoms with Crippen molar-refractivity contribution in [3.63, 3.8) is 0 Å². The molecule has 146 valence electrons. The largest absolute Gasteiger partial charge is 0.466 e. The van der Waals surface area contributed by atoms with Gasteiger partial charge in [-0.1, -0.05) is 37.1 Å². The highest BCUT2D eigenvalue weighted by Crippen LogP contribution is 2.29. The van der Waals surface area contributed by atoms with Crippen molar-refractivity contribution >= 4 is 30.2 Å². The molecule has 1 aromatic carbocycles. The summed E-state index contributed by atoms with van der Waals surface area (Å²) >= 11 is 4.17. The highest BCUT2D eigenvalue weighted by molar-refractivity contribution is 7.80. The minimum atomic E-state index is -0.189. The SMILES string of the molecule is CC1=C(CCCCC(=O)OCCCCCCS)C(=O)c2ccccc2C1=O. The summed E-state index contributed by atoms with van der Waals surface area (Å²) in [5.74, 6) is 0.574. The first-order chi connectivity index (χ1) is 13.1. The second kappa shape index (κ2) is 11.1. The van der Waals surface area contributed by atoms with Crippen molar-refractivity contribution in [2.75, 3.05) is 12.4 Å². The number of hydrogen-bond donors (Lipinski definition) is 1. The fourth-order valence-corrected chi connectivity index (χ4v) is 3.47. The lowest BCUT2D eigenvalue weighted by Gasteiger charge is -2.18. The van der Waals surface area contributed by atoms with Crippen molar-refractivity contribution in [3.8, 4) is 0 Å². The fraction of sp³-hybridized carbons (Fsp3) is 0.500. The van der Waals surface area contributed by atoms with Crippen molar-refractivity contribution < 1.29 is 19.1 Å². The molecule has 0 saturated heterocycles. The fourth-order valence-electron chi connectivity index (χ4n) is 3.25. The number of ether oxygens (including phenoxy) is 1. The van der Waals surface area contributed by atoms with Gasteiger partial charge in [0.1, 0.15) is 0 Å². The Morgan fingerprint density at radius 1 is 0.926 bits per heavy atom. The van der Waals surface area contributed by atoms with E-state index in [4.69, 9.17) is 4.74 Å². The highest BCUT2D eigenvalue weighted by atomic mass is 32.1. The van der Waals surface area contributed by atoms with Crippen LogP contribution in [0.4, 0.5) is 0 Å². The molecule has 0 saturated carbocycles. The van der Waals surface area contributed by atoms with Gasteiger partial charge in [-0.05, 0) is 44.8 Å². The van der Waals surface area contributed by atoms with E-state index in [0.717, 1.165) is 31.4 Å². The summed E-state index contributed by atoms with van der Waals surface area (Å²) < 4.78 is 5.23. The van der Waals surface area contributed by atoms with Crippen LogP contribution in [0.3, 0.4) is 0 Å². The normalized spacial score (nSPS) is 13.7. The first-order valence-electron chi connectivity index (χ1n) is 9.71. The van der Waals surface area contributed by atoms with E-state index < -0.39 is 0 Å². The first-order valence-corrected chi connectivity index (χ1v) is 10.3.